The minimum Gasteiger partial charge on any atom is -0.293 e. The molecule has 1 aliphatic heterocycles. The highest BCUT2D eigenvalue weighted by atomic mass is 15.5. The average Bonchev–Trinajstić information content (AvgIpc) is 1.61. The number of hydrogen-bond acceptors (Lipinski definition) is 3. The Morgan fingerprint density at radius 2 is 2.25 bits per heavy atom. The first-order chi connectivity index (χ1) is 3.72. The zero-order valence-corrected chi connectivity index (χ0v) is 5.46. The van der Waals surface area contributed by atoms with Crippen molar-refractivity contribution < 1.29 is 0 Å². The lowest BCUT2D eigenvalue weighted by Crippen LogP contribution is -2.58. The van der Waals surface area contributed by atoms with E-state index in [9.17, 15) is 0 Å². The van der Waals surface area contributed by atoms with E-state index in [-0.39, 0.29) is 0 Å². The number of hydrazine groups is 1. The normalized spacial score (nSPS) is 30.8. The lowest BCUT2D eigenvalue weighted by atomic mass is 10.2. The van der Waals surface area contributed by atoms with Crippen LogP contribution in [0.15, 0.2) is 0 Å². The van der Waals surface area contributed by atoms with E-state index in [1.54, 1.807) is 0 Å². The van der Waals surface area contributed by atoms with Crippen LogP contribution in [0.1, 0.15) is 6.42 Å². The molecule has 1 fully saturated rings. The van der Waals surface area contributed by atoms with Crippen molar-refractivity contribution in [2.75, 3.05) is 20.6 Å². The van der Waals surface area contributed by atoms with E-state index in [4.69, 9.17) is 5.84 Å². The fourth-order valence-corrected chi connectivity index (χ4v) is 0.948. The van der Waals surface area contributed by atoms with Gasteiger partial charge in [0.1, 0.15) is 0 Å². The van der Waals surface area contributed by atoms with Gasteiger partial charge in [-0.3, -0.25) is 10.7 Å². The summed E-state index contributed by atoms with van der Waals surface area (Å²) in [6, 6.07) is 0. The van der Waals surface area contributed by atoms with E-state index >= 15 is 0 Å². The van der Waals surface area contributed by atoms with Crippen molar-refractivity contribution in [2.45, 2.75) is 12.6 Å². The summed E-state index contributed by atoms with van der Waals surface area (Å²) in [7, 11) is 4.09. The van der Waals surface area contributed by atoms with Gasteiger partial charge in [0.25, 0.3) is 0 Å². The summed E-state index contributed by atoms with van der Waals surface area (Å²) in [5.74, 6) is 5.52. The smallest absolute Gasteiger partial charge is 0.0763 e. The van der Waals surface area contributed by atoms with Gasteiger partial charge < -0.3 is 0 Å². The fraction of sp³-hybridized carbons (Fsp3) is 1.00. The van der Waals surface area contributed by atoms with E-state index in [0.29, 0.717) is 6.17 Å². The van der Waals surface area contributed by atoms with Crippen molar-refractivity contribution in [3.05, 3.63) is 0 Å². The van der Waals surface area contributed by atoms with Crippen LogP contribution < -0.4 is 5.84 Å². The molecule has 0 amide bonds. The highest BCUT2D eigenvalue weighted by Crippen LogP contribution is 2.12. The van der Waals surface area contributed by atoms with Gasteiger partial charge in [-0.15, -0.1) is 0 Å². The Morgan fingerprint density at radius 1 is 1.62 bits per heavy atom. The zero-order chi connectivity index (χ0) is 6.15. The quantitative estimate of drug-likeness (QED) is 0.465. The molecular formula is C5H13N3. The second-order valence-electron chi connectivity index (χ2n) is 2.47. The molecule has 1 saturated heterocycles. The van der Waals surface area contributed by atoms with Crippen molar-refractivity contribution in [1.29, 1.82) is 0 Å². The fourth-order valence-electron chi connectivity index (χ4n) is 0.948. The van der Waals surface area contributed by atoms with Crippen LogP contribution in [0.5, 0.6) is 0 Å². The van der Waals surface area contributed by atoms with Gasteiger partial charge in [-0.1, -0.05) is 0 Å². The Hall–Kier alpha value is -0.120. The Balaban J connectivity index is 2.26. The lowest BCUT2D eigenvalue weighted by Gasteiger charge is -2.41. The monoisotopic (exact) mass is 115 g/mol. The first kappa shape index (κ1) is 6.01. The SMILES string of the molecule is CN(C)C1CCN1N. The summed E-state index contributed by atoms with van der Waals surface area (Å²) in [6.07, 6.45) is 1.71. The highest BCUT2D eigenvalue weighted by molar-refractivity contribution is 4.74. The Bertz CT molecular complexity index is 77.0. The van der Waals surface area contributed by atoms with Crippen LogP contribution in [0, 0.1) is 0 Å². The molecule has 1 heterocycles. The summed E-state index contributed by atoms with van der Waals surface area (Å²) < 4.78 is 0. The molecule has 8 heavy (non-hydrogen) atoms. The predicted octanol–water partition coefficient (Wildman–Crippen LogP) is -0.546. The number of nitrogens with zero attached hydrogens (tertiary/aromatic N) is 2. The maximum absolute atomic E-state index is 5.52. The van der Waals surface area contributed by atoms with Crippen molar-refractivity contribution >= 4 is 0 Å². The number of hydrogen-bond donors (Lipinski definition) is 1. The standard InChI is InChI=1S/C5H13N3/c1-7(2)5-3-4-8(5)6/h5H,3-4,6H2,1-2H3. The van der Waals surface area contributed by atoms with Crippen molar-refractivity contribution in [3.63, 3.8) is 0 Å². The topological polar surface area (TPSA) is 32.5 Å². The minimum absolute atomic E-state index is 0.495. The maximum Gasteiger partial charge on any atom is 0.0763 e. The minimum atomic E-state index is 0.495. The third-order valence-electron chi connectivity index (χ3n) is 1.62. The third-order valence-corrected chi connectivity index (χ3v) is 1.62. The molecular weight excluding hydrogens is 102 g/mol. The van der Waals surface area contributed by atoms with Gasteiger partial charge in [0, 0.05) is 6.54 Å². The van der Waals surface area contributed by atoms with Crippen LogP contribution >= 0.6 is 0 Å². The number of nitrogens with two attached hydrogens (primary N) is 1. The Kier molecular flexibility index (Phi) is 1.51. The molecule has 1 atom stereocenters. The second-order valence-corrected chi connectivity index (χ2v) is 2.47. The van der Waals surface area contributed by atoms with Gasteiger partial charge >= 0.3 is 0 Å². The molecule has 3 heteroatoms. The Morgan fingerprint density at radius 3 is 2.25 bits per heavy atom. The molecule has 0 saturated carbocycles. The van der Waals surface area contributed by atoms with Gasteiger partial charge in [0.2, 0.25) is 0 Å². The van der Waals surface area contributed by atoms with Crippen molar-refractivity contribution in [1.82, 2.24) is 9.91 Å². The average molecular weight is 115 g/mol. The number of rotatable bonds is 1. The van der Waals surface area contributed by atoms with Crippen LogP contribution in [0.4, 0.5) is 0 Å². The van der Waals surface area contributed by atoms with Gasteiger partial charge in [0.15, 0.2) is 0 Å². The van der Waals surface area contributed by atoms with Gasteiger partial charge in [-0.2, -0.15) is 0 Å². The lowest BCUT2D eigenvalue weighted by molar-refractivity contribution is -0.00803. The van der Waals surface area contributed by atoms with E-state index in [1.807, 2.05) is 19.1 Å². The molecule has 0 aliphatic carbocycles. The molecule has 0 spiro atoms. The maximum atomic E-state index is 5.52. The van der Waals surface area contributed by atoms with E-state index in [1.165, 1.54) is 6.42 Å². The predicted molar refractivity (Wildman–Crippen MR) is 33.0 cm³/mol. The molecule has 48 valence electrons. The summed E-state index contributed by atoms with van der Waals surface area (Å²) in [6.45, 7) is 1.04. The molecule has 1 rings (SSSR count). The molecule has 1 aliphatic rings. The van der Waals surface area contributed by atoms with Crippen molar-refractivity contribution in [3.8, 4) is 0 Å². The van der Waals surface area contributed by atoms with Gasteiger partial charge in [0.05, 0.1) is 6.17 Å². The molecule has 1 unspecified atom stereocenters. The van der Waals surface area contributed by atoms with Crippen LogP contribution in [-0.4, -0.2) is 36.7 Å². The van der Waals surface area contributed by atoms with E-state index in [0.717, 1.165) is 6.54 Å². The van der Waals surface area contributed by atoms with Crippen LogP contribution in [0.25, 0.3) is 0 Å². The zero-order valence-electron chi connectivity index (χ0n) is 5.46. The van der Waals surface area contributed by atoms with E-state index in [2.05, 4.69) is 4.90 Å². The van der Waals surface area contributed by atoms with Gasteiger partial charge in [-0.25, -0.2) is 5.01 Å². The molecule has 0 aromatic rings. The third kappa shape index (κ3) is 0.844. The molecule has 0 aromatic heterocycles. The molecule has 0 aromatic carbocycles. The van der Waals surface area contributed by atoms with Gasteiger partial charge in [-0.05, 0) is 20.5 Å². The summed E-state index contributed by atoms with van der Waals surface area (Å²) in [5.41, 5.74) is 0. The molecule has 3 nitrogen and oxygen atoms in total. The highest BCUT2D eigenvalue weighted by Gasteiger charge is 2.25. The van der Waals surface area contributed by atoms with Crippen LogP contribution in [-0.2, 0) is 0 Å². The largest absolute Gasteiger partial charge is 0.293 e. The summed E-state index contributed by atoms with van der Waals surface area (Å²) in [4.78, 5) is 2.13. The first-order valence-corrected chi connectivity index (χ1v) is 2.89. The Labute approximate surface area is 50.0 Å². The molecule has 2 N–H and O–H groups in total. The summed E-state index contributed by atoms with van der Waals surface area (Å²) >= 11 is 0. The first-order valence-electron chi connectivity index (χ1n) is 2.89. The van der Waals surface area contributed by atoms with Crippen LogP contribution in [0.3, 0.4) is 0 Å². The molecule has 0 bridgehead atoms. The van der Waals surface area contributed by atoms with Crippen LogP contribution in [0.2, 0.25) is 0 Å². The molecule has 0 radical (unpaired) electrons. The van der Waals surface area contributed by atoms with Crippen molar-refractivity contribution in [2.24, 2.45) is 5.84 Å². The second kappa shape index (κ2) is 2.01. The summed E-state index contributed by atoms with van der Waals surface area (Å²) in [5, 5.41) is 1.85. The van der Waals surface area contributed by atoms with E-state index < -0.39 is 0 Å².